The number of methoxy groups -OCH3 is 1. The van der Waals surface area contributed by atoms with Gasteiger partial charge in [-0.15, -0.1) is 0 Å². The third-order valence-electron chi connectivity index (χ3n) is 3.75. The summed E-state index contributed by atoms with van der Waals surface area (Å²) in [5.41, 5.74) is 1.23. The van der Waals surface area contributed by atoms with Crippen molar-refractivity contribution in [2.75, 3.05) is 7.11 Å². The molecule has 2 unspecified atom stereocenters. The van der Waals surface area contributed by atoms with Gasteiger partial charge in [-0.25, -0.2) is 0 Å². The molecule has 1 aliphatic carbocycles. The van der Waals surface area contributed by atoms with Gasteiger partial charge >= 0.3 is 0 Å². The van der Waals surface area contributed by atoms with Crippen molar-refractivity contribution in [3.8, 4) is 5.75 Å². The Morgan fingerprint density at radius 2 is 1.74 bits per heavy atom. The molecule has 1 saturated carbocycles. The zero-order valence-electron chi connectivity index (χ0n) is 11.6. The second-order valence-electron chi connectivity index (χ2n) is 5.21. The highest BCUT2D eigenvalue weighted by molar-refractivity contribution is 14.1. The fraction of sp³-hybridized carbons (Fsp3) is 0.625. The largest absolute Gasteiger partial charge is 0.497 e. The second kappa shape index (κ2) is 8.10. The molecular weight excluding hydrogens is 351 g/mol. The molecule has 0 heterocycles. The average Bonchev–Trinajstić information content (AvgIpc) is 2.43. The molecule has 2 rings (SSSR count). The van der Waals surface area contributed by atoms with Crippen molar-refractivity contribution < 1.29 is 9.47 Å². The lowest BCUT2D eigenvalue weighted by Gasteiger charge is -2.25. The van der Waals surface area contributed by atoms with E-state index in [4.69, 9.17) is 9.47 Å². The van der Waals surface area contributed by atoms with Crippen molar-refractivity contribution in [2.45, 2.75) is 55.2 Å². The number of alkyl halides is 1. The molecule has 0 saturated heterocycles. The highest BCUT2D eigenvalue weighted by Gasteiger charge is 2.20. The van der Waals surface area contributed by atoms with Crippen LogP contribution >= 0.6 is 22.6 Å². The molecule has 3 heteroatoms. The lowest BCUT2D eigenvalue weighted by Crippen LogP contribution is -2.25. The van der Waals surface area contributed by atoms with Crippen LogP contribution in [0.2, 0.25) is 0 Å². The van der Waals surface area contributed by atoms with Gasteiger partial charge in [0.05, 0.1) is 19.8 Å². The van der Waals surface area contributed by atoms with Gasteiger partial charge in [-0.3, -0.25) is 0 Å². The Hall–Kier alpha value is -0.290. The molecule has 1 aromatic rings. The highest BCUT2D eigenvalue weighted by atomic mass is 127. The first-order valence-electron chi connectivity index (χ1n) is 7.18. The lowest BCUT2D eigenvalue weighted by atomic mass is 9.98. The van der Waals surface area contributed by atoms with Crippen LogP contribution in [0.4, 0.5) is 0 Å². The molecular formula is C16H23IO2. The third-order valence-corrected chi connectivity index (χ3v) is 5.17. The fourth-order valence-electron chi connectivity index (χ4n) is 2.52. The quantitative estimate of drug-likeness (QED) is 0.560. The van der Waals surface area contributed by atoms with Crippen LogP contribution in [-0.2, 0) is 11.3 Å². The molecule has 2 atom stereocenters. The Morgan fingerprint density at radius 3 is 2.42 bits per heavy atom. The summed E-state index contributed by atoms with van der Waals surface area (Å²) in [6.07, 6.45) is 8.36. The summed E-state index contributed by atoms with van der Waals surface area (Å²) in [5.74, 6) is 0.904. The number of rotatable bonds is 4. The van der Waals surface area contributed by atoms with Crippen LogP contribution < -0.4 is 4.74 Å². The summed E-state index contributed by atoms with van der Waals surface area (Å²) in [6.45, 7) is 0.716. The van der Waals surface area contributed by atoms with E-state index in [0.29, 0.717) is 16.6 Å². The maximum Gasteiger partial charge on any atom is 0.118 e. The van der Waals surface area contributed by atoms with Gasteiger partial charge in [0.1, 0.15) is 5.75 Å². The number of benzene rings is 1. The summed E-state index contributed by atoms with van der Waals surface area (Å²) in [6, 6.07) is 8.17. The van der Waals surface area contributed by atoms with Crippen LogP contribution in [0.15, 0.2) is 24.3 Å². The maximum atomic E-state index is 6.14. The van der Waals surface area contributed by atoms with Crippen LogP contribution in [0, 0.1) is 0 Å². The Morgan fingerprint density at radius 1 is 1.05 bits per heavy atom. The molecule has 1 aliphatic rings. The first-order valence-corrected chi connectivity index (χ1v) is 8.43. The van der Waals surface area contributed by atoms with Gasteiger partial charge in [0, 0.05) is 3.92 Å². The molecule has 0 bridgehead atoms. The van der Waals surface area contributed by atoms with Crippen LogP contribution in [-0.4, -0.2) is 17.1 Å². The standard InChI is InChI=1S/C16H23IO2/c1-18-14-10-8-13(9-11-14)12-19-16-7-5-3-2-4-6-15(16)17/h8-11,15-16H,2-7,12H2,1H3. The maximum absolute atomic E-state index is 6.14. The summed E-state index contributed by atoms with van der Waals surface area (Å²) in [4.78, 5) is 0. The second-order valence-corrected chi connectivity index (χ2v) is 6.81. The predicted octanol–water partition coefficient (Wildman–Crippen LogP) is 4.74. The van der Waals surface area contributed by atoms with Crippen LogP contribution in [0.5, 0.6) is 5.75 Å². The molecule has 0 radical (unpaired) electrons. The minimum atomic E-state index is 0.419. The molecule has 106 valence electrons. The normalized spacial score (nSPS) is 24.5. The van der Waals surface area contributed by atoms with Gasteiger partial charge in [-0.1, -0.05) is 60.4 Å². The van der Waals surface area contributed by atoms with E-state index in [0.717, 1.165) is 5.75 Å². The van der Waals surface area contributed by atoms with E-state index in [2.05, 4.69) is 34.7 Å². The first-order chi connectivity index (χ1) is 9.29. The van der Waals surface area contributed by atoms with Gasteiger partial charge in [-0.2, -0.15) is 0 Å². The van der Waals surface area contributed by atoms with Crippen molar-refractivity contribution in [3.63, 3.8) is 0 Å². The molecule has 0 aromatic heterocycles. The van der Waals surface area contributed by atoms with Crippen molar-refractivity contribution in [1.82, 2.24) is 0 Å². The molecule has 0 amide bonds. The Labute approximate surface area is 130 Å². The first kappa shape index (κ1) is 15.1. The number of halogens is 1. The summed E-state index contributed by atoms with van der Waals surface area (Å²) in [7, 11) is 1.70. The number of hydrogen-bond donors (Lipinski definition) is 0. The van der Waals surface area contributed by atoms with E-state index >= 15 is 0 Å². The molecule has 1 fully saturated rings. The van der Waals surface area contributed by atoms with E-state index in [9.17, 15) is 0 Å². The van der Waals surface area contributed by atoms with Crippen molar-refractivity contribution >= 4 is 22.6 Å². The minimum absolute atomic E-state index is 0.419. The van der Waals surface area contributed by atoms with Crippen molar-refractivity contribution in [1.29, 1.82) is 0 Å². The SMILES string of the molecule is COc1ccc(COC2CCCCCCC2I)cc1. The number of ether oxygens (including phenoxy) is 2. The monoisotopic (exact) mass is 374 g/mol. The molecule has 2 nitrogen and oxygen atoms in total. The van der Waals surface area contributed by atoms with E-state index in [1.807, 2.05) is 12.1 Å². The molecule has 19 heavy (non-hydrogen) atoms. The lowest BCUT2D eigenvalue weighted by molar-refractivity contribution is 0.0308. The van der Waals surface area contributed by atoms with Gasteiger partial charge in [0.2, 0.25) is 0 Å². The predicted molar refractivity (Wildman–Crippen MR) is 87.1 cm³/mol. The average molecular weight is 374 g/mol. The van der Waals surface area contributed by atoms with Gasteiger partial charge < -0.3 is 9.47 Å². The molecule has 0 aliphatic heterocycles. The summed E-state index contributed by atoms with van der Waals surface area (Å²) >= 11 is 2.57. The van der Waals surface area contributed by atoms with Gasteiger partial charge in [0.25, 0.3) is 0 Å². The van der Waals surface area contributed by atoms with E-state index < -0.39 is 0 Å². The van der Waals surface area contributed by atoms with Crippen LogP contribution in [0.1, 0.15) is 44.1 Å². The zero-order chi connectivity index (χ0) is 13.5. The minimum Gasteiger partial charge on any atom is -0.497 e. The Bertz CT molecular complexity index is 364. The third kappa shape index (κ3) is 4.95. The van der Waals surface area contributed by atoms with Crippen LogP contribution in [0.25, 0.3) is 0 Å². The van der Waals surface area contributed by atoms with Crippen LogP contribution in [0.3, 0.4) is 0 Å². The zero-order valence-corrected chi connectivity index (χ0v) is 13.8. The van der Waals surface area contributed by atoms with Crippen molar-refractivity contribution in [3.05, 3.63) is 29.8 Å². The summed E-state index contributed by atoms with van der Waals surface area (Å²) < 4.78 is 12.0. The Balaban J connectivity index is 1.84. The topological polar surface area (TPSA) is 18.5 Å². The summed E-state index contributed by atoms with van der Waals surface area (Å²) in [5, 5.41) is 0. The smallest absolute Gasteiger partial charge is 0.118 e. The fourth-order valence-corrected chi connectivity index (χ4v) is 3.53. The van der Waals surface area contributed by atoms with E-state index in [1.54, 1.807) is 7.11 Å². The van der Waals surface area contributed by atoms with E-state index in [-0.39, 0.29) is 0 Å². The molecule has 1 aromatic carbocycles. The van der Waals surface area contributed by atoms with Gasteiger partial charge in [0.15, 0.2) is 0 Å². The van der Waals surface area contributed by atoms with Crippen molar-refractivity contribution in [2.24, 2.45) is 0 Å². The van der Waals surface area contributed by atoms with E-state index in [1.165, 1.54) is 44.1 Å². The molecule has 0 N–H and O–H groups in total. The molecule has 0 spiro atoms. The number of hydrogen-bond acceptors (Lipinski definition) is 2. The Kier molecular flexibility index (Phi) is 6.44. The van der Waals surface area contributed by atoms with Gasteiger partial charge in [-0.05, 0) is 30.5 Å². The highest BCUT2D eigenvalue weighted by Crippen LogP contribution is 2.26.